The van der Waals surface area contributed by atoms with Crippen LogP contribution in [-0.2, 0) is 10.1 Å². The summed E-state index contributed by atoms with van der Waals surface area (Å²) in [6.07, 6.45) is 0. The molecule has 0 atom stereocenters. The van der Waals surface area contributed by atoms with Crippen LogP contribution in [0.3, 0.4) is 0 Å². The molecule has 4 nitrogen and oxygen atoms in total. The van der Waals surface area contributed by atoms with Crippen LogP contribution in [0.4, 0.5) is 5.69 Å². The first-order valence-electron chi connectivity index (χ1n) is 3.28. The maximum Gasteiger partial charge on any atom is 0.124 e. The molecule has 0 radical (unpaired) electrons. The molecule has 0 heterocycles. The lowest BCUT2D eigenvalue weighted by molar-refractivity contribution is 0.463. The first kappa shape index (κ1) is 9.02. The summed E-state index contributed by atoms with van der Waals surface area (Å²) in [4.78, 5) is -0.207. The predicted molar refractivity (Wildman–Crippen MR) is 44.0 cm³/mol. The molecule has 0 aliphatic carbocycles. The van der Waals surface area contributed by atoms with Crippen molar-refractivity contribution in [3.8, 4) is 0 Å². The van der Waals surface area contributed by atoms with Crippen molar-refractivity contribution in [2.24, 2.45) is 0 Å². The Balaban J connectivity index is 3.09. The highest BCUT2D eigenvalue weighted by molar-refractivity contribution is 7.85. The summed E-state index contributed by atoms with van der Waals surface area (Å²) < 4.78 is 31.4. The van der Waals surface area contributed by atoms with E-state index in [9.17, 15) is 13.0 Å². The third-order valence-electron chi connectivity index (χ3n) is 1.43. The Labute approximate surface area is 71.0 Å². The van der Waals surface area contributed by atoms with Crippen molar-refractivity contribution in [1.29, 1.82) is 0 Å². The normalized spacial score (nSPS) is 11.2. The van der Waals surface area contributed by atoms with Crippen LogP contribution in [0.15, 0.2) is 29.2 Å². The Morgan fingerprint density at radius 3 is 2.08 bits per heavy atom. The lowest BCUT2D eigenvalue weighted by Crippen LogP contribution is -1.98. The summed E-state index contributed by atoms with van der Waals surface area (Å²) in [5.41, 5.74) is 0.766. The summed E-state index contributed by atoms with van der Waals surface area (Å²) >= 11 is 0. The molecule has 1 aromatic rings. The van der Waals surface area contributed by atoms with E-state index in [2.05, 4.69) is 5.32 Å². The average Bonchev–Trinajstić information content (AvgIpc) is 2.03. The summed E-state index contributed by atoms with van der Waals surface area (Å²) in [5.74, 6) is 0. The summed E-state index contributed by atoms with van der Waals surface area (Å²) in [6.45, 7) is 0. The topological polar surface area (TPSA) is 69.2 Å². The van der Waals surface area contributed by atoms with Gasteiger partial charge in [0.05, 0.1) is 4.90 Å². The molecule has 0 saturated heterocycles. The van der Waals surface area contributed by atoms with E-state index in [1.54, 1.807) is 7.05 Å². The fraction of sp³-hybridized carbons (Fsp3) is 0.143. The zero-order valence-corrected chi connectivity index (χ0v) is 7.26. The maximum atomic E-state index is 10.5. The molecular weight excluding hydrogens is 178 g/mol. The first-order valence-corrected chi connectivity index (χ1v) is 4.68. The second kappa shape index (κ2) is 3.12. The van der Waals surface area contributed by atoms with Crippen molar-refractivity contribution in [3.63, 3.8) is 0 Å². The number of nitrogens with one attached hydrogen (secondary N) is 1. The van der Waals surface area contributed by atoms with Crippen LogP contribution in [0, 0.1) is 0 Å². The third-order valence-corrected chi connectivity index (χ3v) is 2.28. The van der Waals surface area contributed by atoms with E-state index in [0.717, 1.165) is 5.69 Å². The van der Waals surface area contributed by atoms with Crippen molar-refractivity contribution in [2.45, 2.75) is 4.90 Å². The van der Waals surface area contributed by atoms with Gasteiger partial charge in [0.1, 0.15) is 10.1 Å². The van der Waals surface area contributed by atoms with Crippen molar-refractivity contribution in [3.05, 3.63) is 24.3 Å². The molecule has 1 rings (SSSR count). The van der Waals surface area contributed by atoms with Crippen molar-refractivity contribution < 1.29 is 13.0 Å². The van der Waals surface area contributed by atoms with Crippen molar-refractivity contribution >= 4 is 15.8 Å². The fourth-order valence-corrected chi connectivity index (χ4v) is 1.26. The number of anilines is 1. The SMILES string of the molecule is CNc1ccc(S(=O)(=O)[O-])cc1. The Bertz CT molecular complexity index is 355. The minimum atomic E-state index is -4.31. The lowest BCUT2D eigenvalue weighted by Gasteiger charge is -2.07. The molecule has 0 unspecified atom stereocenters. The van der Waals surface area contributed by atoms with E-state index in [1.807, 2.05) is 0 Å². The fourth-order valence-electron chi connectivity index (χ4n) is 0.788. The van der Waals surface area contributed by atoms with Crippen LogP contribution < -0.4 is 5.32 Å². The number of hydrogen-bond donors (Lipinski definition) is 1. The molecule has 0 spiro atoms. The monoisotopic (exact) mass is 186 g/mol. The molecule has 1 aromatic carbocycles. The highest BCUT2D eigenvalue weighted by atomic mass is 32.2. The van der Waals surface area contributed by atoms with Crippen LogP contribution in [0.2, 0.25) is 0 Å². The van der Waals surface area contributed by atoms with E-state index in [-0.39, 0.29) is 4.90 Å². The van der Waals surface area contributed by atoms with Crippen LogP contribution in [0.25, 0.3) is 0 Å². The predicted octanol–water partition coefficient (Wildman–Crippen LogP) is 0.632. The molecule has 0 aliphatic rings. The Hall–Kier alpha value is -1.07. The highest BCUT2D eigenvalue weighted by Gasteiger charge is 1.98. The molecule has 0 aliphatic heterocycles. The zero-order chi connectivity index (χ0) is 9.19. The Kier molecular flexibility index (Phi) is 2.35. The van der Waals surface area contributed by atoms with Gasteiger partial charge in [-0.3, -0.25) is 0 Å². The molecule has 66 valence electrons. The standard InChI is InChI=1S/C7H9NO3S/c1-8-6-2-4-7(5-3-6)12(9,10)11/h2-5,8H,1H3,(H,9,10,11)/p-1. The van der Waals surface area contributed by atoms with E-state index in [4.69, 9.17) is 0 Å². The number of rotatable bonds is 2. The van der Waals surface area contributed by atoms with Gasteiger partial charge in [-0.1, -0.05) is 0 Å². The Morgan fingerprint density at radius 1 is 1.25 bits per heavy atom. The van der Waals surface area contributed by atoms with Gasteiger partial charge in [0, 0.05) is 12.7 Å². The zero-order valence-electron chi connectivity index (χ0n) is 6.44. The van der Waals surface area contributed by atoms with Gasteiger partial charge in [-0.2, -0.15) is 0 Å². The van der Waals surface area contributed by atoms with E-state index < -0.39 is 10.1 Å². The van der Waals surface area contributed by atoms with E-state index in [1.165, 1.54) is 24.3 Å². The second-order valence-electron chi connectivity index (χ2n) is 2.23. The van der Waals surface area contributed by atoms with Gasteiger partial charge in [0.2, 0.25) is 0 Å². The quantitative estimate of drug-likeness (QED) is 0.688. The van der Waals surface area contributed by atoms with Crippen LogP contribution in [0.1, 0.15) is 0 Å². The summed E-state index contributed by atoms with van der Waals surface area (Å²) in [5, 5.41) is 2.81. The molecule has 0 saturated carbocycles. The maximum absolute atomic E-state index is 10.5. The molecule has 0 amide bonds. The number of hydrogen-bond acceptors (Lipinski definition) is 4. The Morgan fingerprint density at radius 2 is 1.75 bits per heavy atom. The lowest BCUT2D eigenvalue weighted by atomic mass is 10.3. The largest absolute Gasteiger partial charge is 0.744 e. The van der Waals surface area contributed by atoms with Crippen molar-refractivity contribution in [1.82, 2.24) is 0 Å². The van der Waals surface area contributed by atoms with Crippen LogP contribution in [-0.4, -0.2) is 20.0 Å². The minimum absolute atomic E-state index is 0.207. The van der Waals surface area contributed by atoms with Gasteiger partial charge in [-0.05, 0) is 24.3 Å². The first-order chi connectivity index (χ1) is 5.54. The molecule has 0 aromatic heterocycles. The van der Waals surface area contributed by atoms with Gasteiger partial charge >= 0.3 is 0 Å². The van der Waals surface area contributed by atoms with Gasteiger partial charge < -0.3 is 9.87 Å². The van der Waals surface area contributed by atoms with E-state index >= 15 is 0 Å². The number of benzene rings is 1. The van der Waals surface area contributed by atoms with E-state index in [0.29, 0.717) is 0 Å². The smallest absolute Gasteiger partial charge is 0.124 e. The minimum Gasteiger partial charge on any atom is -0.744 e. The molecular formula is C7H8NO3S-. The molecule has 1 N–H and O–H groups in total. The molecule has 0 bridgehead atoms. The second-order valence-corrected chi connectivity index (χ2v) is 3.61. The van der Waals surface area contributed by atoms with Gasteiger partial charge in [-0.25, -0.2) is 8.42 Å². The average molecular weight is 186 g/mol. The van der Waals surface area contributed by atoms with Gasteiger partial charge in [0.15, 0.2) is 0 Å². The molecule has 5 heteroatoms. The van der Waals surface area contributed by atoms with Crippen LogP contribution >= 0.6 is 0 Å². The third kappa shape index (κ3) is 1.96. The van der Waals surface area contributed by atoms with Gasteiger partial charge in [0.25, 0.3) is 0 Å². The van der Waals surface area contributed by atoms with Crippen LogP contribution in [0.5, 0.6) is 0 Å². The summed E-state index contributed by atoms with van der Waals surface area (Å²) in [7, 11) is -2.60. The summed E-state index contributed by atoms with van der Waals surface area (Å²) in [6, 6.07) is 5.61. The van der Waals surface area contributed by atoms with Crippen molar-refractivity contribution in [2.75, 3.05) is 12.4 Å². The van der Waals surface area contributed by atoms with Gasteiger partial charge in [-0.15, -0.1) is 0 Å². The highest BCUT2D eigenvalue weighted by Crippen LogP contribution is 2.12. The molecule has 12 heavy (non-hydrogen) atoms. The molecule has 0 fully saturated rings.